The Hall–Kier alpha value is -3.90. The highest BCUT2D eigenvalue weighted by atomic mass is 35.5. The zero-order valence-electron chi connectivity index (χ0n) is 25.7. The summed E-state index contributed by atoms with van der Waals surface area (Å²) in [6, 6.07) is 23.8. The van der Waals surface area contributed by atoms with Crippen molar-refractivity contribution in [2.45, 2.75) is 71.3 Å². The fourth-order valence-corrected chi connectivity index (χ4v) is 6.17. The summed E-state index contributed by atoms with van der Waals surface area (Å²) in [5, 5.41) is 13.1. The number of amides is 1. The van der Waals surface area contributed by atoms with E-state index in [-0.39, 0.29) is 36.0 Å². The lowest BCUT2D eigenvalue weighted by Gasteiger charge is -2.29. The highest BCUT2D eigenvalue weighted by molar-refractivity contribution is 6.31. The first-order valence-electron chi connectivity index (χ1n) is 15.5. The maximum Gasteiger partial charge on any atom is 0.305 e. The molecule has 44 heavy (non-hydrogen) atoms. The van der Waals surface area contributed by atoms with E-state index >= 15 is 0 Å². The fourth-order valence-electron chi connectivity index (χ4n) is 5.99. The predicted octanol–water partition coefficient (Wildman–Crippen LogP) is 8.08. The first-order valence-corrected chi connectivity index (χ1v) is 15.9. The Morgan fingerprint density at radius 1 is 0.955 bits per heavy atom. The normalized spacial score (nSPS) is 14.3. The van der Waals surface area contributed by atoms with Crippen LogP contribution in [0.15, 0.2) is 72.8 Å². The lowest BCUT2D eigenvalue weighted by Crippen LogP contribution is -2.26. The third kappa shape index (κ3) is 7.59. The molecule has 1 heterocycles. The molecule has 1 aliphatic rings. The van der Waals surface area contributed by atoms with Gasteiger partial charge in [0.05, 0.1) is 12.1 Å². The number of nitrogens with zero attached hydrogens (tertiary/aromatic N) is 1. The Morgan fingerprint density at radius 3 is 2.25 bits per heavy atom. The Morgan fingerprint density at radius 2 is 1.64 bits per heavy atom. The van der Waals surface area contributed by atoms with Gasteiger partial charge in [-0.3, -0.25) is 14.4 Å². The second-order valence-electron chi connectivity index (χ2n) is 13.2. The van der Waals surface area contributed by atoms with E-state index in [9.17, 15) is 14.4 Å². The van der Waals surface area contributed by atoms with E-state index in [0.717, 1.165) is 41.3 Å². The molecule has 0 aliphatic heterocycles. The lowest BCUT2D eigenvalue weighted by atomic mass is 9.76. The summed E-state index contributed by atoms with van der Waals surface area (Å²) in [4.78, 5) is 37.7. The van der Waals surface area contributed by atoms with E-state index in [4.69, 9.17) is 16.7 Å². The first kappa shape index (κ1) is 31.5. The molecule has 1 fully saturated rings. The van der Waals surface area contributed by atoms with E-state index < -0.39 is 5.97 Å². The summed E-state index contributed by atoms with van der Waals surface area (Å²) in [5.74, 6) is -0.786. The van der Waals surface area contributed by atoms with Gasteiger partial charge in [0.1, 0.15) is 0 Å². The average molecular weight is 613 g/mol. The molecule has 3 aromatic carbocycles. The van der Waals surface area contributed by atoms with Crippen LogP contribution < -0.4 is 5.32 Å². The molecule has 1 aromatic heterocycles. The summed E-state index contributed by atoms with van der Waals surface area (Å²) in [5.41, 5.74) is 5.61. The fraction of sp³-hybridized carbons (Fsp3) is 0.378. The van der Waals surface area contributed by atoms with Crippen LogP contribution in [0.2, 0.25) is 5.02 Å². The number of ketones is 1. The number of nitrogens with one attached hydrogen (secondary N) is 1. The summed E-state index contributed by atoms with van der Waals surface area (Å²) in [6.45, 7) is 7.27. The number of hydrogen-bond donors (Lipinski definition) is 2. The van der Waals surface area contributed by atoms with Crippen LogP contribution in [-0.4, -0.2) is 33.9 Å². The van der Waals surface area contributed by atoms with Crippen LogP contribution in [0.5, 0.6) is 0 Å². The second-order valence-corrected chi connectivity index (χ2v) is 13.6. The number of rotatable bonds is 12. The van der Waals surface area contributed by atoms with Crippen molar-refractivity contribution < 1.29 is 19.5 Å². The molecule has 0 saturated heterocycles. The molecule has 230 valence electrons. The minimum atomic E-state index is -0.955. The number of fused-ring (bicyclic) bond motifs is 1. The molecule has 2 N–H and O–H groups in total. The summed E-state index contributed by atoms with van der Waals surface area (Å²) in [7, 11) is 0. The number of aromatic nitrogens is 1. The van der Waals surface area contributed by atoms with Gasteiger partial charge in [-0.05, 0) is 77.3 Å². The monoisotopic (exact) mass is 612 g/mol. The topological polar surface area (TPSA) is 88.4 Å². The van der Waals surface area contributed by atoms with E-state index in [2.05, 4.69) is 54.9 Å². The van der Waals surface area contributed by atoms with Crippen molar-refractivity contribution in [1.29, 1.82) is 0 Å². The molecular weight excluding hydrogens is 572 g/mol. The van der Waals surface area contributed by atoms with Crippen molar-refractivity contribution in [3.8, 4) is 0 Å². The maximum absolute atomic E-state index is 14.5. The van der Waals surface area contributed by atoms with Crippen molar-refractivity contribution in [1.82, 2.24) is 9.88 Å². The molecule has 6 nitrogen and oxygen atoms in total. The van der Waals surface area contributed by atoms with Crippen LogP contribution in [0, 0.1) is 11.8 Å². The lowest BCUT2D eigenvalue weighted by molar-refractivity contribution is -0.136. The molecule has 0 radical (unpaired) electrons. The van der Waals surface area contributed by atoms with Gasteiger partial charge in [0, 0.05) is 40.5 Å². The Bertz CT molecular complexity index is 1640. The van der Waals surface area contributed by atoms with Gasteiger partial charge < -0.3 is 15.0 Å². The number of benzene rings is 3. The van der Waals surface area contributed by atoms with Crippen LogP contribution in [0.25, 0.3) is 10.9 Å². The minimum absolute atomic E-state index is 0.0631. The van der Waals surface area contributed by atoms with Crippen molar-refractivity contribution in [2.24, 2.45) is 11.8 Å². The molecule has 0 bridgehead atoms. The molecule has 4 aromatic rings. The van der Waals surface area contributed by atoms with Crippen molar-refractivity contribution >= 4 is 40.2 Å². The van der Waals surface area contributed by atoms with Gasteiger partial charge in [-0.15, -0.1) is 0 Å². The van der Waals surface area contributed by atoms with Crippen LogP contribution in [0.3, 0.4) is 0 Å². The van der Waals surface area contributed by atoms with Gasteiger partial charge in [0.2, 0.25) is 0 Å². The molecular formula is C37H41ClN2O4. The summed E-state index contributed by atoms with van der Waals surface area (Å²) in [6.07, 6.45) is 4.80. The number of carboxylic acid groups (broad SMARTS) is 1. The van der Waals surface area contributed by atoms with Gasteiger partial charge in [-0.25, -0.2) is 0 Å². The zero-order chi connectivity index (χ0) is 31.4. The number of carbonyl (C=O) groups is 3. The Kier molecular flexibility index (Phi) is 9.59. The third-order valence-electron chi connectivity index (χ3n) is 8.81. The smallest absolute Gasteiger partial charge is 0.305 e. The van der Waals surface area contributed by atoms with Gasteiger partial charge >= 0.3 is 5.97 Å². The molecule has 1 amide bonds. The molecule has 7 heteroatoms. The van der Waals surface area contributed by atoms with Crippen LogP contribution in [-0.2, 0) is 23.2 Å². The molecule has 1 unspecified atom stereocenters. The van der Waals surface area contributed by atoms with E-state index in [0.29, 0.717) is 35.2 Å². The molecule has 1 atom stereocenters. The third-order valence-corrected chi connectivity index (χ3v) is 9.05. The highest BCUT2D eigenvalue weighted by Crippen LogP contribution is 2.36. The molecule has 1 aliphatic carbocycles. The number of aliphatic carboxylic acids is 1. The van der Waals surface area contributed by atoms with Crippen LogP contribution >= 0.6 is 11.6 Å². The number of carboxylic acids is 1. The van der Waals surface area contributed by atoms with Crippen molar-refractivity contribution in [3.05, 3.63) is 106 Å². The summed E-state index contributed by atoms with van der Waals surface area (Å²) >= 11 is 6.37. The minimum Gasteiger partial charge on any atom is -0.481 e. The SMILES string of the molecule is CC(C)(C)c1ccc(Cn2c(C(=O)C(Cc3ccc(C(=O)NCCC(=O)O)cc3)CC3CCC3)cc3cc(Cl)ccc32)cc1. The summed E-state index contributed by atoms with van der Waals surface area (Å²) < 4.78 is 2.14. The predicted molar refractivity (Wildman–Crippen MR) is 176 cm³/mol. The standard InChI is InChI=1S/C37H41ClN2O4/c1-37(2,3)30-13-9-26(10-14-30)23-40-32-16-15-31(38)21-28(32)22-33(40)35(43)29(19-24-5-4-6-24)20-25-7-11-27(12-8-25)36(44)39-18-17-34(41)42/h7-16,21-22,24,29H,4-6,17-20,23H2,1-3H3,(H,39,44)(H,41,42). The van der Waals surface area contributed by atoms with E-state index in [1.54, 1.807) is 12.1 Å². The van der Waals surface area contributed by atoms with Crippen molar-refractivity contribution in [2.75, 3.05) is 6.54 Å². The quantitative estimate of drug-likeness (QED) is 0.158. The maximum atomic E-state index is 14.5. The highest BCUT2D eigenvalue weighted by Gasteiger charge is 2.30. The van der Waals surface area contributed by atoms with Gasteiger partial charge in [-0.2, -0.15) is 0 Å². The molecule has 1 saturated carbocycles. The van der Waals surface area contributed by atoms with E-state index in [1.807, 2.05) is 36.4 Å². The van der Waals surface area contributed by atoms with Crippen LogP contribution in [0.1, 0.15) is 90.4 Å². The Labute approximate surface area is 264 Å². The van der Waals surface area contributed by atoms with Gasteiger partial charge in [-0.1, -0.05) is 88.0 Å². The van der Waals surface area contributed by atoms with Gasteiger partial charge in [0.15, 0.2) is 5.78 Å². The van der Waals surface area contributed by atoms with Crippen LogP contribution in [0.4, 0.5) is 0 Å². The number of hydrogen-bond acceptors (Lipinski definition) is 3. The van der Waals surface area contributed by atoms with Crippen molar-refractivity contribution in [3.63, 3.8) is 0 Å². The second kappa shape index (κ2) is 13.4. The van der Waals surface area contributed by atoms with E-state index in [1.165, 1.54) is 12.0 Å². The number of Topliss-reactive ketones (excluding diaryl/α,β-unsaturated/α-hetero) is 1. The molecule has 5 rings (SSSR count). The average Bonchev–Trinajstić information content (AvgIpc) is 3.30. The first-order chi connectivity index (χ1) is 21.0. The Balaban J connectivity index is 1.41. The number of halogens is 1. The largest absolute Gasteiger partial charge is 0.481 e. The van der Waals surface area contributed by atoms with Gasteiger partial charge in [0.25, 0.3) is 5.91 Å². The molecule has 0 spiro atoms. The number of carbonyl (C=O) groups excluding carboxylic acids is 2. The zero-order valence-corrected chi connectivity index (χ0v) is 26.5.